The summed E-state index contributed by atoms with van der Waals surface area (Å²) in [6.45, 7) is 1.18. The van der Waals surface area contributed by atoms with Crippen LogP contribution in [-0.4, -0.2) is 10.2 Å². The van der Waals surface area contributed by atoms with Crippen molar-refractivity contribution in [3.8, 4) is 11.5 Å². The van der Waals surface area contributed by atoms with Gasteiger partial charge in [-0.2, -0.15) is 0 Å². The van der Waals surface area contributed by atoms with Crippen LogP contribution in [0.3, 0.4) is 0 Å². The zero-order valence-electron chi connectivity index (χ0n) is 8.98. The molecule has 3 nitrogen and oxygen atoms in total. The molecule has 0 saturated carbocycles. The van der Waals surface area contributed by atoms with Gasteiger partial charge in [0.05, 0.1) is 4.34 Å². The molecule has 90 valence electrons. The van der Waals surface area contributed by atoms with Gasteiger partial charge in [-0.1, -0.05) is 23.7 Å². The average Bonchev–Trinajstić information content (AvgIpc) is 2.70. The van der Waals surface area contributed by atoms with Crippen LogP contribution in [0.25, 0.3) is 0 Å². The molecule has 2 aromatic rings. The summed E-state index contributed by atoms with van der Waals surface area (Å²) in [5.41, 5.74) is 0.674. The van der Waals surface area contributed by atoms with Gasteiger partial charge < -0.3 is 15.5 Å². The quantitative estimate of drug-likeness (QED) is 0.748. The molecule has 0 unspecified atom stereocenters. The van der Waals surface area contributed by atoms with E-state index in [2.05, 4.69) is 5.32 Å². The maximum Gasteiger partial charge on any atom is 0.161 e. The number of benzene rings is 1. The summed E-state index contributed by atoms with van der Waals surface area (Å²) in [4.78, 5) is 1.13. The second-order valence-corrected chi connectivity index (χ2v) is 5.39. The van der Waals surface area contributed by atoms with Gasteiger partial charge in [-0.3, -0.25) is 0 Å². The number of aromatic hydroxyl groups is 2. The third-order valence-electron chi connectivity index (χ3n) is 2.34. The summed E-state index contributed by atoms with van der Waals surface area (Å²) in [5.74, 6) is -0.160. The van der Waals surface area contributed by atoms with Crippen LogP contribution < -0.4 is 5.32 Å². The molecule has 0 fully saturated rings. The molecule has 3 N–H and O–H groups in total. The van der Waals surface area contributed by atoms with Crippen molar-refractivity contribution in [1.29, 1.82) is 0 Å². The van der Waals surface area contributed by atoms with Gasteiger partial charge in [-0.25, -0.2) is 0 Å². The predicted molar refractivity (Wildman–Crippen MR) is 69.6 cm³/mol. The Morgan fingerprint density at radius 3 is 2.65 bits per heavy atom. The first kappa shape index (κ1) is 12.2. The first-order chi connectivity index (χ1) is 8.16. The van der Waals surface area contributed by atoms with E-state index in [1.807, 2.05) is 12.1 Å². The fraction of sp³-hybridized carbons (Fsp3) is 0.167. The number of halogens is 1. The molecule has 5 heteroatoms. The van der Waals surface area contributed by atoms with Crippen molar-refractivity contribution in [2.45, 2.75) is 13.1 Å². The molecule has 0 spiro atoms. The molecule has 0 aliphatic heterocycles. The lowest BCUT2D eigenvalue weighted by Crippen LogP contribution is -2.11. The van der Waals surface area contributed by atoms with Crippen LogP contribution >= 0.6 is 22.9 Å². The lowest BCUT2D eigenvalue weighted by molar-refractivity contribution is 0.398. The van der Waals surface area contributed by atoms with Gasteiger partial charge in [0.25, 0.3) is 0 Å². The Morgan fingerprint density at radius 1 is 1.12 bits per heavy atom. The van der Waals surface area contributed by atoms with Crippen molar-refractivity contribution in [3.05, 3.63) is 45.1 Å². The number of para-hydroxylation sites is 1. The van der Waals surface area contributed by atoms with E-state index >= 15 is 0 Å². The van der Waals surface area contributed by atoms with E-state index < -0.39 is 0 Å². The number of phenols is 2. The fourth-order valence-electron chi connectivity index (χ4n) is 1.49. The molecular formula is C12H12ClNO2S. The standard InChI is InChI=1S/C12H12ClNO2S/c13-11-5-4-9(17-11)7-14-6-8-2-1-3-10(15)12(8)16/h1-5,14-16H,6-7H2. The SMILES string of the molecule is Oc1cccc(CNCc2ccc(Cl)s2)c1O. The molecule has 1 aromatic carbocycles. The highest BCUT2D eigenvalue weighted by Crippen LogP contribution is 2.28. The first-order valence-corrected chi connectivity index (χ1v) is 6.31. The Bertz CT molecular complexity index is 513. The van der Waals surface area contributed by atoms with Crippen LogP contribution in [0, 0.1) is 0 Å². The third-order valence-corrected chi connectivity index (χ3v) is 3.57. The van der Waals surface area contributed by atoms with Crippen molar-refractivity contribution < 1.29 is 10.2 Å². The van der Waals surface area contributed by atoms with Crippen LogP contribution in [0.4, 0.5) is 0 Å². The zero-order valence-corrected chi connectivity index (χ0v) is 10.6. The third kappa shape index (κ3) is 3.12. The van der Waals surface area contributed by atoms with Gasteiger partial charge in [-0.05, 0) is 18.2 Å². The number of phenolic OH excluding ortho intramolecular Hbond substituents is 2. The van der Waals surface area contributed by atoms with Crippen LogP contribution in [-0.2, 0) is 13.1 Å². The number of thiophene rings is 1. The fourth-order valence-corrected chi connectivity index (χ4v) is 2.54. The number of hydrogen-bond donors (Lipinski definition) is 3. The summed E-state index contributed by atoms with van der Waals surface area (Å²) < 4.78 is 0.766. The minimum atomic E-state index is -0.0940. The van der Waals surface area contributed by atoms with Gasteiger partial charge in [-0.15, -0.1) is 11.3 Å². The maximum atomic E-state index is 9.59. The zero-order chi connectivity index (χ0) is 12.3. The van der Waals surface area contributed by atoms with E-state index in [1.54, 1.807) is 12.1 Å². The topological polar surface area (TPSA) is 52.5 Å². The molecule has 0 bridgehead atoms. The van der Waals surface area contributed by atoms with Crippen LogP contribution in [0.15, 0.2) is 30.3 Å². The van der Waals surface area contributed by atoms with Crippen molar-refractivity contribution in [1.82, 2.24) is 5.32 Å². The molecule has 0 aliphatic rings. The van der Waals surface area contributed by atoms with Crippen molar-refractivity contribution in [2.24, 2.45) is 0 Å². The molecular weight excluding hydrogens is 258 g/mol. The van der Waals surface area contributed by atoms with Crippen LogP contribution in [0.2, 0.25) is 4.34 Å². The molecule has 1 aromatic heterocycles. The lowest BCUT2D eigenvalue weighted by atomic mass is 10.2. The van der Waals surface area contributed by atoms with E-state index in [4.69, 9.17) is 11.6 Å². The van der Waals surface area contributed by atoms with Crippen molar-refractivity contribution in [2.75, 3.05) is 0 Å². The molecule has 0 aliphatic carbocycles. The Hall–Kier alpha value is -1.23. The molecule has 17 heavy (non-hydrogen) atoms. The lowest BCUT2D eigenvalue weighted by Gasteiger charge is -2.06. The number of hydrogen-bond acceptors (Lipinski definition) is 4. The second kappa shape index (κ2) is 5.40. The van der Waals surface area contributed by atoms with Gasteiger partial charge in [0.1, 0.15) is 0 Å². The normalized spacial score (nSPS) is 10.6. The van der Waals surface area contributed by atoms with Gasteiger partial charge in [0.15, 0.2) is 11.5 Å². The summed E-state index contributed by atoms with van der Waals surface area (Å²) >= 11 is 7.34. The number of rotatable bonds is 4. The van der Waals surface area contributed by atoms with E-state index in [1.165, 1.54) is 17.4 Å². The minimum absolute atomic E-state index is 0.0655. The van der Waals surface area contributed by atoms with E-state index in [0.717, 1.165) is 9.21 Å². The Kier molecular flexibility index (Phi) is 3.89. The van der Waals surface area contributed by atoms with E-state index in [0.29, 0.717) is 18.7 Å². The molecule has 0 saturated heterocycles. The Balaban J connectivity index is 1.92. The van der Waals surface area contributed by atoms with E-state index in [-0.39, 0.29) is 11.5 Å². The minimum Gasteiger partial charge on any atom is -0.504 e. The van der Waals surface area contributed by atoms with Gasteiger partial charge in [0, 0.05) is 23.5 Å². The first-order valence-electron chi connectivity index (χ1n) is 5.11. The monoisotopic (exact) mass is 269 g/mol. The molecule has 0 amide bonds. The molecule has 0 atom stereocenters. The Labute approximate surface area is 108 Å². The largest absolute Gasteiger partial charge is 0.504 e. The molecule has 0 radical (unpaired) electrons. The van der Waals surface area contributed by atoms with Crippen molar-refractivity contribution in [3.63, 3.8) is 0 Å². The highest BCUT2D eigenvalue weighted by Gasteiger charge is 2.05. The summed E-state index contributed by atoms with van der Waals surface area (Å²) in [6, 6.07) is 8.74. The second-order valence-electron chi connectivity index (χ2n) is 3.59. The summed E-state index contributed by atoms with van der Waals surface area (Å²) in [6.07, 6.45) is 0. The highest BCUT2D eigenvalue weighted by atomic mass is 35.5. The molecule has 1 heterocycles. The summed E-state index contributed by atoms with van der Waals surface area (Å²) in [5, 5.41) is 22.1. The van der Waals surface area contributed by atoms with Crippen LogP contribution in [0.5, 0.6) is 11.5 Å². The predicted octanol–water partition coefficient (Wildman–Crippen LogP) is 3.10. The maximum absolute atomic E-state index is 9.59. The van der Waals surface area contributed by atoms with Gasteiger partial charge in [0.2, 0.25) is 0 Å². The summed E-state index contributed by atoms with van der Waals surface area (Å²) in [7, 11) is 0. The van der Waals surface area contributed by atoms with Crippen molar-refractivity contribution >= 4 is 22.9 Å². The molecule has 2 rings (SSSR count). The Morgan fingerprint density at radius 2 is 1.94 bits per heavy atom. The average molecular weight is 270 g/mol. The van der Waals surface area contributed by atoms with Crippen LogP contribution in [0.1, 0.15) is 10.4 Å². The smallest absolute Gasteiger partial charge is 0.161 e. The van der Waals surface area contributed by atoms with Gasteiger partial charge >= 0.3 is 0 Å². The highest BCUT2D eigenvalue weighted by molar-refractivity contribution is 7.16. The van der Waals surface area contributed by atoms with E-state index in [9.17, 15) is 10.2 Å². The number of nitrogens with one attached hydrogen (secondary N) is 1.